The van der Waals surface area contributed by atoms with Crippen LogP contribution in [0.2, 0.25) is 5.02 Å². The summed E-state index contributed by atoms with van der Waals surface area (Å²) in [7, 11) is -2.53. The first kappa shape index (κ1) is 24.5. The van der Waals surface area contributed by atoms with Crippen molar-refractivity contribution in [2.45, 2.75) is 32.6 Å². The number of nitrogens with one attached hydrogen (secondary N) is 1. The fourth-order valence-electron chi connectivity index (χ4n) is 3.41. The average molecular weight is 514 g/mol. The monoisotopic (exact) mass is 513 g/mol. The molecule has 2 aromatic carbocycles. The highest BCUT2D eigenvalue weighted by Gasteiger charge is 2.20. The van der Waals surface area contributed by atoms with Gasteiger partial charge in [0.25, 0.3) is 10.0 Å². The van der Waals surface area contributed by atoms with Gasteiger partial charge >= 0.3 is 0 Å². The zero-order valence-electron chi connectivity index (χ0n) is 19.8. The lowest BCUT2D eigenvalue weighted by Gasteiger charge is -2.13. The van der Waals surface area contributed by atoms with E-state index in [0.29, 0.717) is 29.0 Å². The zero-order chi connectivity index (χ0) is 25.3. The zero-order valence-corrected chi connectivity index (χ0v) is 21.4. The van der Waals surface area contributed by atoms with Gasteiger partial charge in [0.2, 0.25) is 5.88 Å². The summed E-state index contributed by atoms with van der Waals surface area (Å²) in [4.78, 5) is 8.77. The third-order valence-corrected chi connectivity index (χ3v) is 7.05. The van der Waals surface area contributed by atoms with Crippen molar-refractivity contribution in [1.82, 2.24) is 19.7 Å². The van der Waals surface area contributed by atoms with E-state index >= 15 is 0 Å². The molecule has 0 aliphatic heterocycles. The number of sulfonamides is 1. The van der Waals surface area contributed by atoms with E-state index in [2.05, 4.69) is 19.8 Å². The van der Waals surface area contributed by atoms with E-state index in [1.165, 1.54) is 19.2 Å². The summed E-state index contributed by atoms with van der Waals surface area (Å²) in [5.74, 6) is 2.13. The molecule has 0 aliphatic carbocycles. The topological polar surface area (TPSA) is 108 Å². The summed E-state index contributed by atoms with van der Waals surface area (Å²) in [5.41, 5.74) is 3.35. The molecule has 4 rings (SSSR count). The van der Waals surface area contributed by atoms with Gasteiger partial charge < -0.3 is 9.47 Å². The third-order valence-electron chi connectivity index (χ3n) is 5.42. The standard InChI is InChI=1S/C24H24ClN5O4S/c1-14-15(2)28-30(16(14)3)23-13-24(27-17(4)26-23)34-20-9-7-19(8-10-20)29-35(31,32)22-12-18(25)6-11-21(22)33-5/h6-13,29H,1-5H3. The quantitative estimate of drug-likeness (QED) is 0.364. The number of methoxy groups -OCH3 is 1. The van der Waals surface area contributed by atoms with Crippen molar-refractivity contribution in [1.29, 1.82) is 0 Å². The second-order valence-electron chi connectivity index (χ2n) is 7.85. The molecule has 0 saturated carbocycles. The average Bonchev–Trinajstić information content (AvgIpc) is 3.07. The smallest absolute Gasteiger partial charge is 0.265 e. The van der Waals surface area contributed by atoms with Crippen molar-refractivity contribution in [2.75, 3.05) is 11.8 Å². The molecule has 0 radical (unpaired) electrons. The van der Waals surface area contributed by atoms with Crippen LogP contribution in [-0.2, 0) is 10.0 Å². The molecule has 0 atom stereocenters. The number of hydrogen-bond acceptors (Lipinski definition) is 7. The van der Waals surface area contributed by atoms with Gasteiger partial charge in [-0.3, -0.25) is 4.72 Å². The van der Waals surface area contributed by atoms with E-state index < -0.39 is 10.0 Å². The minimum Gasteiger partial charge on any atom is -0.495 e. The summed E-state index contributed by atoms with van der Waals surface area (Å²) in [6.07, 6.45) is 0. The molecule has 9 nitrogen and oxygen atoms in total. The van der Waals surface area contributed by atoms with Crippen LogP contribution in [-0.4, -0.2) is 35.3 Å². The molecule has 0 aliphatic rings. The summed E-state index contributed by atoms with van der Waals surface area (Å²) >= 11 is 5.98. The maximum absolute atomic E-state index is 12.9. The van der Waals surface area contributed by atoms with E-state index in [-0.39, 0.29) is 15.7 Å². The molecule has 0 unspecified atom stereocenters. The lowest BCUT2D eigenvalue weighted by Crippen LogP contribution is -2.14. The molecular formula is C24H24ClN5O4S. The van der Waals surface area contributed by atoms with Gasteiger partial charge in [0.05, 0.1) is 12.8 Å². The van der Waals surface area contributed by atoms with Gasteiger partial charge in [-0.15, -0.1) is 0 Å². The number of rotatable bonds is 7. The molecular weight excluding hydrogens is 490 g/mol. The number of aryl methyl sites for hydroxylation is 2. The number of anilines is 1. The molecule has 0 amide bonds. The second kappa shape index (κ2) is 9.55. The van der Waals surface area contributed by atoms with Gasteiger partial charge in [0, 0.05) is 22.5 Å². The first-order valence-electron chi connectivity index (χ1n) is 10.6. The maximum atomic E-state index is 12.9. The largest absolute Gasteiger partial charge is 0.495 e. The van der Waals surface area contributed by atoms with Crippen LogP contribution >= 0.6 is 11.6 Å². The van der Waals surface area contributed by atoms with Gasteiger partial charge in [-0.1, -0.05) is 11.6 Å². The number of nitrogens with zero attached hydrogens (tertiary/aromatic N) is 4. The lowest BCUT2D eigenvalue weighted by molar-refractivity contribution is 0.403. The number of benzene rings is 2. The molecule has 0 fully saturated rings. The van der Waals surface area contributed by atoms with Crippen molar-refractivity contribution in [3.05, 3.63) is 76.3 Å². The fourth-order valence-corrected chi connectivity index (χ4v) is 4.90. The highest BCUT2D eigenvalue weighted by Crippen LogP contribution is 2.30. The maximum Gasteiger partial charge on any atom is 0.265 e. The van der Waals surface area contributed by atoms with Crippen LogP contribution in [0.25, 0.3) is 5.82 Å². The van der Waals surface area contributed by atoms with Gasteiger partial charge in [-0.05, 0) is 75.7 Å². The molecule has 2 heterocycles. The minimum absolute atomic E-state index is 0.0591. The molecule has 4 aromatic rings. The summed E-state index contributed by atoms with van der Waals surface area (Å²) < 4.78 is 41.1. The van der Waals surface area contributed by atoms with E-state index in [1.54, 1.807) is 48.0 Å². The molecule has 0 spiro atoms. The van der Waals surface area contributed by atoms with Gasteiger partial charge in [0.15, 0.2) is 5.82 Å². The van der Waals surface area contributed by atoms with Crippen molar-refractivity contribution in [3.63, 3.8) is 0 Å². The molecule has 0 saturated heterocycles. The van der Waals surface area contributed by atoms with Crippen molar-refractivity contribution in [3.8, 4) is 23.2 Å². The highest BCUT2D eigenvalue weighted by atomic mass is 35.5. The fraction of sp³-hybridized carbons (Fsp3) is 0.208. The summed E-state index contributed by atoms with van der Waals surface area (Å²) in [6.45, 7) is 7.71. The van der Waals surface area contributed by atoms with E-state index in [0.717, 1.165) is 17.0 Å². The Morgan fingerprint density at radius 2 is 1.69 bits per heavy atom. The normalized spacial score (nSPS) is 11.4. The Labute approximate surface area is 208 Å². The predicted octanol–water partition coefficient (Wildman–Crippen LogP) is 5.15. The van der Waals surface area contributed by atoms with E-state index in [9.17, 15) is 8.42 Å². The molecule has 2 aromatic heterocycles. The lowest BCUT2D eigenvalue weighted by atomic mass is 10.2. The Kier molecular flexibility index (Phi) is 6.68. The van der Waals surface area contributed by atoms with Gasteiger partial charge in [-0.25, -0.2) is 18.1 Å². The molecule has 182 valence electrons. The van der Waals surface area contributed by atoms with Crippen LogP contribution in [0, 0.1) is 27.7 Å². The van der Waals surface area contributed by atoms with Crippen LogP contribution in [0.4, 0.5) is 5.69 Å². The van der Waals surface area contributed by atoms with Crippen LogP contribution < -0.4 is 14.2 Å². The van der Waals surface area contributed by atoms with Gasteiger partial charge in [0.1, 0.15) is 22.2 Å². The number of aromatic nitrogens is 4. The first-order valence-corrected chi connectivity index (χ1v) is 12.5. The van der Waals surface area contributed by atoms with Gasteiger partial charge in [-0.2, -0.15) is 10.1 Å². The van der Waals surface area contributed by atoms with E-state index in [4.69, 9.17) is 21.1 Å². The van der Waals surface area contributed by atoms with E-state index in [1.807, 2.05) is 20.8 Å². The predicted molar refractivity (Wildman–Crippen MR) is 133 cm³/mol. The molecule has 11 heteroatoms. The van der Waals surface area contributed by atoms with Crippen molar-refractivity contribution >= 4 is 27.3 Å². The number of hydrogen-bond donors (Lipinski definition) is 1. The Balaban J connectivity index is 1.55. The Morgan fingerprint density at radius 1 is 0.971 bits per heavy atom. The SMILES string of the molecule is COc1ccc(Cl)cc1S(=O)(=O)Nc1ccc(Oc2cc(-n3nc(C)c(C)c3C)nc(C)n2)cc1. The van der Waals surface area contributed by atoms with Crippen LogP contribution in [0.3, 0.4) is 0 Å². The second-order valence-corrected chi connectivity index (χ2v) is 9.93. The summed E-state index contributed by atoms with van der Waals surface area (Å²) in [5, 5.41) is 4.83. The molecule has 35 heavy (non-hydrogen) atoms. The van der Waals surface area contributed by atoms with Crippen LogP contribution in [0.5, 0.6) is 17.4 Å². The Bertz CT molecular complexity index is 1500. The first-order chi connectivity index (χ1) is 16.6. The molecule has 0 bridgehead atoms. The Hall–Kier alpha value is -3.63. The number of halogens is 1. The van der Waals surface area contributed by atoms with Crippen LogP contribution in [0.15, 0.2) is 53.4 Å². The number of ether oxygens (including phenoxy) is 2. The van der Waals surface area contributed by atoms with Crippen LogP contribution in [0.1, 0.15) is 22.8 Å². The third kappa shape index (κ3) is 5.23. The Morgan fingerprint density at radius 3 is 2.31 bits per heavy atom. The van der Waals surface area contributed by atoms with Crippen molar-refractivity contribution in [2.24, 2.45) is 0 Å². The summed E-state index contributed by atoms with van der Waals surface area (Å²) in [6, 6.07) is 12.5. The molecule has 1 N–H and O–H groups in total. The van der Waals surface area contributed by atoms with Crippen molar-refractivity contribution < 1.29 is 17.9 Å². The minimum atomic E-state index is -3.93. The highest BCUT2D eigenvalue weighted by molar-refractivity contribution is 7.92.